The van der Waals surface area contributed by atoms with Crippen LogP contribution in [0.2, 0.25) is 0 Å². The highest BCUT2D eigenvalue weighted by Crippen LogP contribution is 2.21. The van der Waals surface area contributed by atoms with Gasteiger partial charge >= 0.3 is 6.01 Å². The highest BCUT2D eigenvalue weighted by molar-refractivity contribution is 5.04. The molecule has 0 aliphatic carbocycles. The summed E-state index contributed by atoms with van der Waals surface area (Å²) in [6, 6.07) is 0.605. The molecule has 1 aromatic heterocycles. The number of hydrogen-bond donors (Lipinski definition) is 1. The number of nitrogens with two attached hydrogens (primary N) is 1. The Labute approximate surface area is 76.9 Å². The predicted molar refractivity (Wildman–Crippen MR) is 47.4 cm³/mol. The van der Waals surface area contributed by atoms with Gasteiger partial charge in [0.1, 0.15) is 5.82 Å². The first-order valence-electron chi connectivity index (χ1n) is 4.51. The van der Waals surface area contributed by atoms with Gasteiger partial charge in [-0.25, -0.2) is 0 Å². The lowest BCUT2D eigenvalue weighted by Gasteiger charge is -2.21. The molecular weight excluding hydrogens is 168 g/mol. The molecule has 1 aliphatic rings. The molecule has 5 heteroatoms. The summed E-state index contributed by atoms with van der Waals surface area (Å²) in [7, 11) is 1.61. The van der Waals surface area contributed by atoms with Gasteiger partial charge < -0.3 is 10.5 Å². The number of fused-ring (bicyclic) bond motifs is 1. The molecule has 1 atom stereocenters. The Morgan fingerprint density at radius 1 is 1.62 bits per heavy atom. The third-order valence-corrected chi connectivity index (χ3v) is 2.53. The van der Waals surface area contributed by atoms with Crippen molar-refractivity contribution in [2.75, 3.05) is 13.7 Å². The van der Waals surface area contributed by atoms with Gasteiger partial charge in [-0.1, -0.05) is 5.10 Å². The average molecular weight is 182 g/mol. The van der Waals surface area contributed by atoms with Crippen molar-refractivity contribution in [3.05, 3.63) is 5.82 Å². The van der Waals surface area contributed by atoms with Gasteiger partial charge in [0, 0.05) is 13.0 Å². The van der Waals surface area contributed by atoms with Crippen LogP contribution in [0.1, 0.15) is 12.2 Å². The van der Waals surface area contributed by atoms with Crippen molar-refractivity contribution in [2.24, 2.45) is 11.7 Å². The maximum atomic E-state index is 5.63. The van der Waals surface area contributed by atoms with Crippen molar-refractivity contribution in [3.8, 4) is 6.01 Å². The van der Waals surface area contributed by atoms with Crippen molar-refractivity contribution in [2.45, 2.75) is 19.4 Å². The molecule has 1 unspecified atom stereocenters. The van der Waals surface area contributed by atoms with Crippen LogP contribution in [0.3, 0.4) is 0 Å². The Morgan fingerprint density at radius 3 is 3.15 bits per heavy atom. The van der Waals surface area contributed by atoms with E-state index < -0.39 is 0 Å². The third kappa shape index (κ3) is 1.39. The fourth-order valence-corrected chi connectivity index (χ4v) is 1.71. The molecule has 2 N–H and O–H groups in total. The number of nitrogens with zero attached hydrogens (tertiary/aromatic N) is 3. The molecule has 0 bridgehead atoms. The van der Waals surface area contributed by atoms with E-state index in [0.29, 0.717) is 11.9 Å². The van der Waals surface area contributed by atoms with Gasteiger partial charge in [0.05, 0.1) is 7.11 Å². The summed E-state index contributed by atoms with van der Waals surface area (Å²) in [5, 5.41) is 7.98. The van der Waals surface area contributed by atoms with E-state index in [1.807, 2.05) is 4.57 Å². The lowest BCUT2D eigenvalue weighted by molar-refractivity contribution is 0.309. The maximum Gasteiger partial charge on any atom is 0.316 e. The standard InChI is InChI=1S/C8H14N4O/c1-13-8-11-10-7-3-2-6(4-9)5-12(7)8/h6H,2-5,9H2,1H3. The van der Waals surface area contributed by atoms with Crippen molar-refractivity contribution >= 4 is 0 Å². The lowest BCUT2D eigenvalue weighted by atomic mass is 10.00. The molecule has 0 saturated heterocycles. The Balaban J connectivity index is 2.25. The second-order valence-corrected chi connectivity index (χ2v) is 3.35. The van der Waals surface area contributed by atoms with E-state index in [2.05, 4.69) is 10.2 Å². The number of aryl methyl sites for hydroxylation is 1. The first kappa shape index (κ1) is 8.50. The van der Waals surface area contributed by atoms with Crippen molar-refractivity contribution in [1.82, 2.24) is 14.8 Å². The summed E-state index contributed by atoms with van der Waals surface area (Å²) in [6.45, 7) is 1.61. The summed E-state index contributed by atoms with van der Waals surface area (Å²) >= 11 is 0. The van der Waals surface area contributed by atoms with Crippen LogP contribution in [-0.2, 0) is 13.0 Å². The predicted octanol–water partition coefficient (Wildman–Crippen LogP) is -0.192. The Kier molecular flexibility index (Phi) is 2.18. The van der Waals surface area contributed by atoms with Crippen LogP contribution < -0.4 is 10.5 Å². The molecule has 0 fully saturated rings. The topological polar surface area (TPSA) is 66.0 Å². The molecule has 1 aromatic rings. The Hall–Kier alpha value is -1.10. The lowest BCUT2D eigenvalue weighted by Crippen LogP contribution is -2.26. The SMILES string of the molecule is COc1nnc2n1CC(CN)CC2. The van der Waals surface area contributed by atoms with Crippen LogP contribution in [0.5, 0.6) is 6.01 Å². The van der Waals surface area contributed by atoms with E-state index in [0.717, 1.165) is 31.8 Å². The van der Waals surface area contributed by atoms with Crippen molar-refractivity contribution in [1.29, 1.82) is 0 Å². The van der Waals surface area contributed by atoms with Crippen LogP contribution in [0.25, 0.3) is 0 Å². The molecule has 2 heterocycles. The summed E-state index contributed by atoms with van der Waals surface area (Å²) < 4.78 is 7.11. The number of rotatable bonds is 2. The zero-order chi connectivity index (χ0) is 9.26. The van der Waals surface area contributed by atoms with Gasteiger partial charge in [0.25, 0.3) is 0 Å². The molecule has 0 aromatic carbocycles. The maximum absolute atomic E-state index is 5.63. The fourth-order valence-electron chi connectivity index (χ4n) is 1.71. The molecule has 72 valence electrons. The van der Waals surface area contributed by atoms with Crippen LogP contribution >= 0.6 is 0 Å². The van der Waals surface area contributed by atoms with Gasteiger partial charge in [0.2, 0.25) is 0 Å². The molecule has 0 amide bonds. The van der Waals surface area contributed by atoms with Gasteiger partial charge in [-0.3, -0.25) is 4.57 Å². The summed E-state index contributed by atoms with van der Waals surface area (Å²) in [5.41, 5.74) is 5.63. The zero-order valence-corrected chi connectivity index (χ0v) is 7.73. The second-order valence-electron chi connectivity index (χ2n) is 3.35. The quantitative estimate of drug-likeness (QED) is 0.688. The van der Waals surface area contributed by atoms with Gasteiger partial charge in [-0.15, -0.1) is 5.10 Å². The monoisotopic (exact) mass is 182 g/mol. The van der Waals surface area contributed by atoms with Crippen LogP contribution in [0.4, 0.5) is 0 Å². The summed E-state index contributed by atoms with van der Waals surface area (Å²) in [6.07, 6.45) is 2.07. The molecule has 13 heavy (non-hydrogen) atoms. The van der Waals surface area contributed by atoms with E-state index >= 15 is 0 Å². The van der Waals surface area contributed by atoms with Gasteiger partial charge in [0.15, 0.2) is 0 Å². The average Bonchev–Trinajstić information content (AvgIpc) is 2.59. The second kappa shape index (κ2) is 3.33. The molecule has 0 saturated carbocycles. The molecule has 2 rings (SSSR count). The van der Waals surface area contributed by atoms with Crippen LogP contribution in [-0.4, -0.2) is 28.4 Å². The fraction of sp³-hybridized carbons (Fsp3) is 0.750. The number of hydrogen-bond acceptors (Lipinski definition) is 4. The van der Waals surface area contributed by atoms with E-state index in [1.54, 1.807) is 7.11 Å². The largest absolute Gasteiger partial charge is 0.467 e. The number of methoxy groups -OCH3 is 1. The summed E-state index contributed by atoms with van der Waals surface area (Å²) in [5.74, 6) is 1.55. The van der Waals surface area contributed by atoms with Crippen molar-refractivity contribution < 1.29 is 4.74 Å². The molecule has 5 nitrogen and oxygen atoms in total. The molecule has 0 spiro atoms. The minimum absolute atomic E-state index is 0.539. The highest BCUT2D eigenvalue weighted by Gasteiger charge is 2.21. The third-order valence-electron chi connectivity index (χ3n) is 2.53. The molecule has 0 radical (unpaired) electrons. The van der Waals surface area contributed by atoms with E-state index in [4.69, 9.17) is 10.5 Å². The van der Waals surface area contributed by atoms with Gasteiger partial charge in [-0.05, 0) is 18.9 Å². The highest BCUT2D eigenvalue weighted by atomic mass is 16.5. The van der Waals surface area contributed by atoms with Crippen LogP contribution in [0.15, 0.2) is 0 Å². The smallest absolute Gasteiger partial charge is 0.316 e. The number of ether oxygens (including phenoxy) is 1. The molecule has 1 aliphatic heterocycles. The normalized spacial score (nSPS) is 21.2. The molecular formula is C8H14N4O. The first-order valence-corrected chi connectivity index (χ1v) is 4.51. The Bertz CT molecular complexity index is 283. The van der Waals surface area contributed by atoms with E-state index in [-0.39, 0.29) is 0 Å². The first-order chi connectivity index (χ1) is 6.35. The van der Waals surface area contributed by atoms with E-state index in [1.165, 1.54) is 0 Å². The van der Waals surface area contributed by atoms with Crippen LogP contribution in [0, 0.1) is 5.92 Å². The van der Waals surface area contributed by atoms with Crippen molar-refractivity contribution in [3.63, 3.8) is 0 Å². The minimum atomic E-state index is 0.539. The minimum Gasteiger partial charge on any atom is -0.467 e. The van der Waals surface area contributed by atoms with Gasteiger partial charge in [-0.2, -0.15) is 0 Å². The summed E-state index contributed by atoms with van der Waals surface area (Å²) in [4.78, 5) is 0. The number of aromatic nitrogens is 3. The van der Waals surface area contributed by atoms with E-state index in [9.17, 15) is 0 Å². The Morgan fingerprint density at radius 2 is 2.46 bits per heavy atom. The zero-order valence-electron chi connectivity index (χ0n) is 7.73.